The molecule has 0 heterocycles. The fraction of sp³-hybridized carbons (Fsp3) is 0.462. The molecule has 0 radical (unpaired) electrons. The molecule has 0 fully saturated rings. The number of halogens is 1. The predicted octanol–water partition coefficient (Wildman–Crippen LogP) is 2.59. The number of carbonyl (C=O) groups excluding carboxylic acids is 1. The number of aldehydes is 1. The second-order valence-electron chi connectivity index (χ2n) is 3.81. The lowest BCUT2D eigenvalue weighted by molar-refractivity contribution is -0.107. The Hall–Kier alpha value is -1.58. The normalized spacial score (nSPS) is 10.2. The highest BCUT2D eigenvalue weighted by Crippen LogP contribution is 2.37. The average Bonchev–Trinajstić information content (AvgIpc) is 2.33. The first-order valence-electron chi connectivity index (χ1n) is 5.41. The van der Waals surface area contributed by atoms with Crippen molar-refractivity contribution in [1.29, 1.82) is 0 Å². The Morgan fingerprint density at radius 3 is 2.18 bits per heavy atom. The summed E-state index contributed by atoms with van der Waals surface area (Å²) in [7, 11) is 2.93. The topological polar surface area (TPSA) is 35.5 Å². The molecule has 0 atom stereocenters. The monoisotopic (exact) mass is 240 g/mol. The summed E-state index contributed by atoms with van der Waals surface area (Å²) in [5, 5.41) is 0. The van der Waals surface area contributed by atoms with Gasteiger partial charge in [-0.15, -0.1) is 0 Å². The molecular weight excluding hydrogens is 223 g/mol. The van der Waals surface area contributed by atoms with Gasteiger partial charge in [0.05, 0.1) is 14.2 Å². The van der Waals surface area contributed by atoms with Gasteiger partial charge in [0.25, 0.3) is 0 Å². The Labute approximate surface area is 101 Å². The lowest BCUT2D eigenvalue weighted by Gasteiger charge is -2.18. The molecule has 0 aromatic heterocycles. The molecule has 0 saturated heterocycles. The quantitative estimate of drug-likeness (QED) is 0.742. The van der Waals surface area contributed by atoms with Crippen LogP contribution in [0.1, 0.15) is 23.1 Å². The zero-order valence-electron chi connectivity index (χ0n) is 10.6. The second-order valence-corrected chi connectivity index (χ2v) is 3.81. The molecule has 0 spiro atoms. The van der Waals surface area contributed by atoms with Gasteiger partial charge in [-0.3, -0.25) is 0 Å². The van der Waals surface area contributed by atoms with Gasteiger partial charge in [0.1, 0.15) is 12.0 Å². The van der Waals surface area contributed by atoms with E-state index in [-0.39, 0.29) is 5.75 Å². The van der Waals surface area contributed by atoms with E-state index >= 15 is 0 Å². The predicted molar refractivity (Wildman–Crippen MR) is 63.4 cm³/mol. The minimum atomic E-state index is -0.406. The second kappa shape index (κ2) is 5.66. The van der Waals surface area contributed by atoms with E-state index in [2.05, 4.69) is 0 Å². The fourth-order valence-corrected chi connectivity index (χ4v) is 1.99. The van der Waals surface area contributed by atoms with Crippen LogP contribution in [0.15, 0.2) is 0 Å². The van der Waals surface area contributed by atoms with E-state index < -0.39 is 5.82 Å². The summed E-state index contributed by atoms with van der Waals surface area (Å²) in [5.74, 6) is 0.323. The molecule has 0 aliphatic rings. The van der Waals surface area contributed by atoms with Crippen LogP contribution in [0.3, 0.4) is 0 Å². The molecule has 0 amide bonds. The van der Waals surface area contributed by atoms with Crippen molar-refractivity contribution in [1.82, 2.24) is 0 Å². The van der Waals surface area contributed by atoms with Crippen LogP contribution in [-0.2, 0) is 11.2 Å². The number of ether oxygens (including phenoxy) is 2. The van der Waals surface area contributed by atoms with Crippen LogP contribution in [0.2, 0.25) is 0 Å². The average molecular weight is 240 g/mol. The molecule has 0 bridgehead atoms. The molecule has 0 aliphatic heterocycles. The van der Waals surface area contributed by atoms with Crippen molar-refractivity contribution in [3.63, 3.8) is 0 Å². The van der Waals surface area contributed by atoms with Crippen molar-refractivity contribution in [2.75, 3.05) is 14.2 Å². The van der Waals surface area contributed by atoms with E-state index in [9.17, 15) is 9.18 Å². The highest BCUT2D eigenvalue weighted by atomic mass is 19.1. The molecule has 3 nitrogen and oxygen atoms in total. The van der Waals surface area contributed by atoms with Crippen molar-refractivity contribution in [3.05, 3.63) is 22.5 Å². The Morgan fingerprint density at radius 1 is 1.12 bits per heavy atom. The molecule has 4 heteroatoms. The molecule has 0 saturated carbocycles. The SMILES string of the molecule is COc1c(C)c(CCC=O)c(OC)c(C)c1F. The number of hydrogen-bond donors (Lipinski definition) is 0. The largest absolute Gasteiger partial charge is 0.496 e. The van der Waals surface area contributed by atoms with Crippen LogP contribution in [0.25, 0.3) is 0 Å². The van der Waals surface area contributed by atoms with E-state index in [4.69, 9.17) is 9.47 Å². The molecule has 0 unspecified atom stereocenters. The summed E-state index contributed by atoms with van der Waals surface area (Å²) in [5.41, 5.74) is 1.93. The summed E-state index contributed by atoms with van der Waals surface area (Å²) in [6, 6.07) is 0. The Balaban J connectivity index is 3.43. The van der Waals surface area contributed by atoms with Gasteiger partial charge >= 0.3 is 0 Å². The zero-order chi connectivity index (χ0) is 13.0. The van der Waals surface area contributed by atoms with E-state index in [1.165, 1.54) is 14.2 Å². The van der Waals surface area contributed by atoms with Crippen LogP contribution in [0.4, 0.5) is 4.39 Å². The van der Waals surface area contributed by atoms with Gasteiger partial charge in [-0.05, 0) is 20.3 Å². The first-order chi connectivity index (χ1) is 8.08. The van der Waals surface area contributed by atoms with Crippen LogP contribution in [0, 0.1) is 19.7 Å². The summed E-state index contributed by atoms with van der Waals surface area (Å²) in [6.45, 7) is 3.41. The van der Waals surface area contributed by atoms with E-state index in [1.807, 2.05) is 0 Å². The Bertz CT molecular complexity index is 427. The maximum atomic E-state index is 13.9. The third-order valence-electron chi connectivity index (χ3n) is 2.86. The summed E-state index contributed by atoms with van der Waals surface area (Å²) < 4.78 is 24.2. The fourth-order valence-electron chi connectivity index (χ4n) is 1.99. The summed E-state index contributed by atoms with van der Waals surface area (Å²) in [6.07, 6.45) is 1.74. The number of benzene rings is 1. The number of rotatable bonds is 5. The minimum absolute atomic E-state index is 0.226. The Kier molecular flexibility index (Phi) is 4.49. The maximum absolute atomic E-state index is 13.9. The van der Waals surface area contributed by atoms with Gasteiger partial charge in [0, 0.05) is 23.1 Å². The van der Waals surface area contributed by atoms with Gasteiger partial charge in [-0.25, -0.2) is 4.39 Å². The first-order valence-corrected chi connectivity index (χ1v) is 5.41. The molecule has 1 aromatic rings. The van der Waals surface area contributed by atoms with Crippen LogP contribution >= 0.6 is 0 Å². The number of carbonyl (C=O) groups is 1. The summed E-state index contributed by atoms with van der Waals surface area (Å²) in [4.78, 5) is 10.4. The van der Waals surface area contributed by atoms with Crippen molar-refractivity contribution in [3.8, 4) is 11.5 Å². The lowest BCUT2D eigenvalue weighted by atomic mass is 9.98. The van der Waals surface area contributed by atoms with Crippen molar-refractivity contribution in [2.45, 2.75) is 26.7 Å². The molecular formula is C13H17FO3. The van der Waals surface area contributed by atoms with Gasteiger partial charge in [-0.2, -0.15) is 0 Å². The Morgan fingerprint density at radius 2 is 1.71 bits per heavy atom. The van der Waals surface area contributed by atoms with E-state index in [0.717, 1.165) is 11.8 Å². The molecule has 17 heavy (non-hydrogen) atoms. The minimum Gasteiger partial charge on any atom is -0.496 e. The first kappa shape index (κ1) is 13.5. The van der Waals surface area contributed by atoms with Crippen LogP contribution in [0.5, 0.6) is 11.5 Å². The highest BCUT2D eigenvalue weighted by molar-refractivity contribution is 5.56. The summed E-state index contributed by atoms with van der Waals surface area (Å²) >= 11 is 0. The van der Waals surface area contributed by atoms with E-state index in [1.54, 1.807) is 13.8 Å². The van der Waals surface area contributed by atoms with Crippen molar-refractivity contribution >= 4 is 6.29 Å². The number of hydrogen-bond acceptors (Lipinski definition) is 3. The highest BCUT2D eigenvalue weighted by Gasteiger charge is 2.20. The third-order valence-corrected chi connectivity index (χ3v) is 2.86. The smallest absolute Gasteiger partial charge is 0.171 e. The van der Waals surface area contributed by atoms with Crippen molar-refractivity contribution < 1.29 is 18.7 Å². The molecule has 1 aromatic carbocycles. The molecule has 0 aliphatic carbocycles. The van der Waals surface area contributed by atoms with Gasteiger partial charge in [0.15, 0.2) is 11.6 Å². The van der Waals surface area contributed by atoms with Gasteiger partial charge < -0.3 is 14.3 Å². The van der Waals surface area contributed by atoms with Gasteiger partial charge in [0.2, 0.25) is 0 Å². The van der Waals surface area contributed by atoms with Gasteiger partial charge in [-0.1, -0.05) is 0 Å². The van der Waals surface area contributed by atoms with Crippen molar-refractivity contribution in [2.24, 2.45) is 0 Å². The standard InChI is InChI=1S/C13H17FO3/c1-8-10(6-5-7-15)12(16-3)9(2)11(14)13(8)17-4/h7H,5-6H2,1-4H3. The van der Waals surface area contributed by atoms with E-state index in [0.29, 0.717) is 29.7 Å². The lowest BCUT2D eigenvalue weighted by Crippen LogP contribution is -2.04. The van der Waals surface area contributed by atoms with Crippen LogP contribution < -0.4 is 9.47 Å². The molecule has 0 N–H and O–H groups in total. The molecule has 94 valence electrons. The number of methoxy groups -OCH3 is 2. The maximum Gasteiger partial charge on any atom is 0.171 e. The molecule has 1 rings (SSSR count). The third kappa shape index (κ3) is 2.40. The van der Waals surface area contributed by atoms with Crippen LogP contribution in [-0.4, -0.2) is 20.5 Å². The zero-order valence-corrected chi connectivity index (χ0v) is 10.6.